The van der Waals surface area contributed by atoms with Gasteiger partial charge in [0.1, 0.15) is 0 Å². The topological polar surface area (TPSA) is 77.2 Å². The Morgan fingerprint density at radius 2 is 2.00 bits per heavy atom. The average molecular weight is 470 g/mol. The number of likely N-dealkylation sites (tertiary alicyclic amines) is 1. The van der Waals surface area contributed by atoms with Crippen molar-refractivity contribution in [3.8, 4) is 0 Å². The maximum atomic E-state index is 13.4. The van der Waals surface area contributed by atoms with Crippen LogP contribution in [0.15, 0.2) is 18.2 Å². The molecular weight excluding hydrogens is 430 g/mol. The molecule has 0 radical (unpaired) electrons. The van der Waals surface area contributed by atoms with Crippen molar-refractivity contribution < 1.29 is 14.3 Å². The van der Waals surface area contributed by atoms with Crippen LogP contribution in [0.3, 0.4) is 0 Å². The molecule has 5 rings (SSSR count). The monoisotopic (exact) mass is 469 g/mol. The van der Waals surface area contributed by atoms with Crippen molar-refractivity contribution in [2.45, 2.75) is 70.2 Å². The number of hydrogen-bond donors (Lipinski definition) is 2. The Morgan fingerprint density at radius 1 is 1.15 bits per heavy atom. The molecular formula is C26H39N5O3. The van der Waals surface area contributed by atoms with E-state index in [1.54, 1.807) is 0 Å². The molecule has 3 atom stereocenters. The molecule has 4 heterocycles. The summed E-state index contributed by atoms with van der Waals surface area (Å²) in [6.07, 6.45) is 6.13. The zero-order valence-electron chi connectivity index (χ0n) is 20.4. The highest BCUT2D eigenvalue weighted by Gasteiger charge is 2.35. The molecule has 3 unspecified atom stereocenters. The van der Waals surface area contributed by atoms with E-state index < -0.39 is 0 Å². The second-order valence-electron chi connectivity index (χ2n) is 10.0. The van der Waals surface area contributed by atoms with E-state index in [1.807, 2.05) is 4.90 Å². The van der Waals surface area contributed by atoms with Crippen LogP contribution in [-0.4, -0.2) is 79.9 Å². The number of carbonyl (C=O) groups excluding carboxylic acids is 2. The summed E-state index contributed by atoms with van der Waals surface area (Å²) in [6.45, 7) is 8.27. The molecule has 0 saturated carbocycles. The average Bonchev–Trinajstić information content (AvgIpc) is 3.29. The van der Waals surface area contributed by atoms with Crippen molar-refractivity contribution in [1.29, 1.82) is 0 Å². The molecule has 0 aliphatic carbocycles. The fourth-order valence-electron chi connectivity index (χ4n) is 6.21. The Bertz CT molecular complexity index is 885. The zero-order valence-corrected chi connectivity index (χ0v) is 20.4. The zero-order chi connectivity index (χ0) is 23.5. The van der Waals surface area contributed by atoms with Crippen LogP contribution in [0, 0.1) is 0 Å². The van der Waals surface area contributed by atoms with E-state index in [2.05, 4.69) is 45.6 Å². The summed E-state index contributed by atoms with van der Waals surface area (Å²) in [4.78, 5) is 32.6. The Balaban J connectivity index is 1.27. The number of fused-ring (bicyclic) bond motifs is 1. The van der Waals surface area contributed by atoms with E-state index in [0.29, 0.717) is 25.7 Å². The van der Waals surface area contributed by atoms with Gasteiger partial charge in [-0.15, -0.1) is 0 Å². The van der Waals surface area contributed by atoms with Gasteiger partial charge in [-0.25, -0.2) is 0 Å². The molecule has 3 fully saturated rings. The molecule has 3 saturated heterocycles. The Labute approximate surface area is 203 Å². The maximum Gasteiger partial charge on any atom is 0.230 e. The largest absolute Gasteiger partial charge is 0.379 e. The Morgan fingerprint density at radius 3 is 2.82 bits per heavy atom. The first-order valence-electron chi connectivity index (χ1n) is 13.2. The van der Waals surface area contributed by atoms with Crippen molar-refractivity contribution in [3.63, 3.8) is 0 Å². The fraction of sp³-hybridized carbons (Fsp3) is 0.692. The van der Waals surface area contributed by atoms with Crippen molar-refractivity contribution in [2.75, 3.05) is 50.8 Å². The van der Waals surface area contributed by atoms with Crippen LogP contribution in [-0.2, 0) is 20.7 Å². The third-order valence-electron chi connectivity index (χ3n) is 7.82. The molecule has 0 aromatic heterocycles. The number of carbonyl (C=O) groups is 2. The molecule has 186 valence electrons. The maximum absolute atomic E-state index is 13.4. The standard InChI is InChI=1S/C26H39N5O3/c1-2-10-29-11-4-3-7-21(29)19-6-5-8-22-20(19)9-12-31(22)26(33)17-23-27-24(18-25(32)28-23)30-13-15-34-16-14-30/h5-6,8,21,23-24,27H,2-4,7,9-18H2,1H3,(H,28,32). The number of morpholine rings is 1. The summed E-state index contributed by atoms with van der Waals surface area (Å²) in [5.74, 6) is 0.0795. The fourth-order valence-corrected chi connectivity index (χ4v) is 6.21. The van der Waals surface area contributed by atoms with E-state index >= 15 is 0 Å². The number of amides is 2. The van der Waals surface area contributed by atoms with Crippen LogP contribution < -0.4 is 15.5 Å². The van der Waals surface area contributed by atoms with Crippen LogP contribution in [0.1, 0.15) is 62.6 Å². The molecule has 1 aromatic carbocycles. The first kappa shape index (κ1) is 23.7. The van der Waals surface area contributed by atoms with E-state index in [9.17, 15) is 9.59 Å². The lowest BCUT2D eigenvalue weighted by atomic mass is 9.90. The Hall–Kier alpha value is -2.00. The third kappa shape index (κ3) is 5.00. The molecule has 2 amide bonds. The summed E-state index contributed by atoms with van der Waals surface area (Å²) < 4.78 is 5.45. The molecule has 2 N–H and O–H groups in total. The van der Waals surface area contributed by atoms with Gasteiger partial charge in [0.2, 0.25) is 11.8 Å². The van der Waals surface area contributed by atoms with Gasteiger partial charge in [0.05, 0.1) is 38.4 Å². The van der Waals surface area contributed by atoms with E-state index in [0.717, 1.165) is 38.3 Å². The molecule has 0 spiro atoms. The second-order valence-corrected chi connectivity index (χ2v) is 10.0. The third-order valence-corrected chi connectivity index (χ3v) is 7.82. The van der Waals surface area contributed by atoms with Gasteiger partial charge in [-0.05, 0) is 56.0 Å². The van der Waals surface area contributed by atoms with Crippen LogP contribution in [0.2, 0.25) is 0 Å². The number of rotatable bonds is 6. The van der Waals surface area contributed by atoms with Gasteiger partial charge < -0.3 is 15.0 Å². The number of piperidine rings is 1. The number of anilines is 1. The number of hydrogen-bond acceptors (Lipinski definition) is 6. The van der Waals surface area contributed by atoms with E-state index in [-0.39, 0.29) is 30.6 Å². The van der Waals surface area contributed by atoms with Gasteiger partial charge in [-0.3, -0.25) is 24.7 Å². The summed E-state index contributed by atoms with van der Waals surface area (Å²) in [7, 11) is 0. The smallest absolute Gasteiger partial charge is 0.230 e. The number of ether oxygens (including phenoxy) is 1. The second kappa shape index (κ2) is 10.7. The minimum atomic E-state index is -0.341. The summed E-state index contributed by atoms with van der Waals surface area (Å²) in [5, 5.41) is 6.48. The highest BCUT2D eigenvalue weighted by Crippen LogP contribution is 2.39. The quantitative estimate of drug-likeness (QED) is 0.664. The molecule has 8 nitrogen and oxygen atoms in total. The molecule has 34 heavy (non-hydrogen) atoms. The summed E-state index contributed by atoms with van der Waals surface area (Å²) in [5.41, 5.74) is 3.82. The van der Waals surface area contributed by atoms with Gasteiger partial charge >= 0.3 is 0 Å². The normalized spacial score (nSPS) is 28.6. The number of benzene rings is 1. The van der Waals surface area contributed by atoms with Gasteiger partial charge in [-0.1, -0.05) is 25.5 Å². The van der Waals surface area contributed by atoms with Crippen LogP contribution in [0.4, 0.5) is 5.69 Å². The first-order valence-corrected chi connectivity index (χ1v) is 13.2. The minimum absolute atomic E-state index is 0.00506. The summed E-state index contributed by atoms with van der Waals surface area (Å²) in [6, 6.07) is 6.96. The SMILES string of the molecule is CCCN1CCCCC1c1cccc2c1CCN2C(=O)CC1NC(=O)CC(N2CCOCC2)N1. The van der Waals surface area contributed by atoms with Crippen molar-refractivity contribution >= 4 is 17.5 Å². The highest BCUT2D eigenvalue weighted by atomic mass is 16.5. The molecule has 1 aromatic rings. The van der Waals surface area contributed by atoms with Crippen molar-refractivity contribution in [2.24, 2.45) is 0 Å². The lowest BCUT2D eigenvalue weighted by Gasteiger charge is -2.40. The number of nitrogens with one attached hydrogen (secondary N) is 2. The van der Waals surface area contributed by atoms with Crippen LogP contribution >= 0.6 is 0 Å². The van der Waals surface area contributed by atoms with Gasteiger partial charge in [0.25, 0.3) is 0 Å². The first-order chi connectivity index (χ1) is 16.6. The van der Waals surface area contributed by atoms with Crippen LogP contribution in [0.25, 0.3) is 0 Å². The van der Waals surface area contributed by atoms with Crippen molar-refractivity contribution in [3.05, 3.63) is 29.3 Å². The van der Waals surface area contributed by atoms with Gasteiger partial charge in [0.15, 0.2) is 0 Å². The Kier molecular flexibility index (Phi) is 7.49. The molecule has 8 heteroatoms. The summed E-state index contributed by atoms with van der Waals surface area (Å²) >= 11 is 0. The predicted molar refractivity (Wildman–Crippen MR) is 131 cm³/mol. The van der Waals surface area contributed by atoms with Crippen molar-refractivity contribution in [1.82, 2.24) is 20.4 Å². The minimum Gasteiger partial charge on any atom is -0.379 e. The van der Waals surface area contributed by atoms with Gasteiger partial charge in [-0.2, -0.15) is 0 Å². The number of nitrogens with zero attached hydrogens (tertiary/aromatic N) is 3. The predicted octanol–water partition coefficient (Wildman–Crippen LogP) is 2.00. The molecule has 4 aliphatic heterocycles. The van der Waals surface area contributed by atoms with E-state index in [4.69, 9.17) is 4.74 Å². The highest BCUT2D eigenvalue weighted by molar-refractivity contribution is 5.96. The lowest BCUT2D eigenvalue weighted by molar-refractivity contribution is -0.128. The van der Waals surface area contributed by atoms with Gasteiger partial charge in [0, 0.05) is 31.4 Å². The van der Waals surface area contributed by atoms with E-state index in [1.165, 1.54) is 43.4 Å². The van der Waals surface area contributed by atoms with Crippen LogP contribution in [0.5, 0.6) is 0 Å². The lowest BCUT2D eigenvalue weighted by Crippen LogP contribution is -2.63. The molecule has 4 aliphatic rings. The molecule has 0 bridgehead atoms.